The topological polar surface area (TPSA) is 74.2 Å². The minimum absolute atomic E-state index is 0.0195. The minimum atomic E-state index is -0.396. The molecule has 2 aromatic carbocycles. The van der Waals surface area contributed by atoms with Crippen LogP contribution in [0.5, 0.6) is 5.75 Å². The van der Waals surface area contributed by atoms with Crippen molar-refractivity contribution in [3.8, 4) is 11.8 Å². The van der Waals surface area contributed by atoms with Crippen molar-refractivity contribution in [2.75, 3.05) is 6.61 Å². The van der Waals surface area contributed by atoms with E-state index in [0.29, 0.717) is 27.2 Å². The van der Waals surface area contributed by atoms with Crippen molar-refractivity contribution in [2.45, 2.75) is 13.0 Å². The highest BCUT2D eigenvalue weighted by Crippen LogP contribution is 2.32. The fourth-order valence-electron chi connectivity index (χ4n) is 2.91. The maximum atomic E-state index is 12.5. The number of benzene rings is 2. The highest BCUT2D eigenvalue weighted by Gasteiger charge is 2.30. The molecule has 0 bridgehead atoms. The lowest BCUT2D eigenvalue weighted by Gasteiger charge is -2.31. The van der Waals surface area contributed by atoms with Crippen LogP contribution in [0.2, 0.25) is 5.02 Å². The molecule has 7 heteroatoms. The van der Waals surface area contributed by atoms with Crippen LogP contribution < -0.4 is 15.4 Å². The predicted molar refractivity (Wildman–Crippen MR) is 108 cm³/mol. The van der Waals surface area contributed by atoms with E-state index >= 15 is 0 Å². The predicted octanol–water partition coefficient (Wildman–Crippen LogP) is 3.76. The molecule has 1 heterocycles. The molecule has 1 atom stereocenters. The summed E-state index contributed by atoms with van der Waals surface area (Å²) in [6.45, 7) is 1.51. The molecule has 0 spiro atoms. The summed E-state index contributed by atoms with van der Waals surface area (Å²) in [4.78, 5) is 12.5. The van der Waals surface area contributed by atoms with E-state index in [0.717, 1.165) is 11.1 Å². The summed E-state index contributed by atoms with van der Waals surface area (Å²) in [5, 5.41) is 15.9. The summed E-state index contributed by atoms with van der Waals surface area (Å²) >= 11 is 11.3. The van der Waals surface area contributed by atoms with Gasteiger partial charge in [-0.2, -0.15) is 5.26 Å². The van der Waals surface area contributed by atoms with Crippen LogP contribution in [0.25, 0.3) is 5.70 Å². The monoisotopic (exact) mass is 397 g/mol. The van der Waals surface area contributed by atoms with Gasteiger partial charge in [0.2, 0.25) is 0 Å². The number of rotatable bonds is 5. The first-order valence-corrected chi connectivity index (χ1v) is 8.96. The molecule has 0 aromatic heterocycles. The van der Waals surface area contributed by atoms with Crippen LogP contribution >= 0.6 is 23.8 Å². The van der Waals surface area contributed by atoms with Crippen LogP contribution in [0.1, 0.15) is 24.1 Å². The maximum absolute atomic E-state index is 12.5. The molecule has 0 aliphatic carbocycles. The SMILES string of the molecule is CC(=O)C1=C(c2ccc(Cl)cc2)NC(=S)N[C@H]1c1ccc(OCC#N)cc1. The van der Waals surface area contributed by atoms with E-state index in [-0.39, 0.29) is 12.4 Å². The van der Waals surface area contributed by atoms with Crippen LogP contribution in [-0.4, -0.2) is 17.5 Å². The zero-order valence-electron chi connectivity index (χ0n) is 14.5. The van der Waals surface area contributed by atoms with E-state index in [4.69, 9.17) is 33.8 Å². The molecule has 0 fully saturated rings. The summed E-state index contributed by atoms with van der Waals surface area (Å²) in [5.41, 5.74) is 2.93. The Balaban J connectivity index is 2.03. The van der Waals surface area contributed by atoms with Gasteiger partial charge >= 0.3 is 0 Å². The second-order valence-corrected chi connectivity index (χ2v) is 6.74. The first-order valence-electron chi connectivity index (χ1n) is 8.18. The van der Waals surface area contributed by atoms with Crippen LogP contribution in [0.3, 0.4) is 0 Å². The van der Waals surface area contributed by atoms with Gasteiger partial charge in [-0.3, -0.25) is 4.79 Å². The van der Waals surface area contributed by atoms with Gasteiger partial charge in [0, 0.05) is 10.6 Å². The molecule has 27 heavy (non-hydrogen) atoms. The molecular formula is C20H16ClN3O2S. The molecule has 2 aromatic rings. The molecule has 1 aliphatic rings. The number of ether oxygens (including phenoxy) is 1. The Morgan fingerprint density at radius 2 is 1.89 bits per heavy atom. The normalized spacial score (nSPS) is 16.2. The Kier molecular flexibility index (Phi) is 5.75. The summed E-state index contributed by atoms with van der Waals surface area (Å²) in [5.74, 6) is 0.514. The van der Waals surface area contributed by atoms with Gasteiger partial charge in [0.25, 0.3) is 0 Å². The van der Waals surface area contributed by atoms with Gasteiger partial charge in [0.05, 0.1) is 11.7 Å². The Morgan fingerprint density at radius 3 is 2.48 bits per heavy atom. The summed E-state index contributed by atoms with van der Waals surface area (Å²) < 4.78 is 5.28. The molecule has 2 N–H and O–H groups in total. The average Bonchev–Trinajstić information content (AvgIpc) is 2.66. The zero-order chi connectivity index (χ0) is 19.4. The van der Waals surface area contributed by atoms with Crippen LogP contribution in [0.4, 0.5) is 0 Å². The summed E-state index contributed by atoms with van der Waals surface area (Å²) in [6.07, 6.45) is 0. The Hall–Kier alpha value is -2.88. The van der Waals surface area contributed by atoms with E-state index < -0.39 is 6.04 Å². The maximum Gasteiger partial charge on any atom is 0.174 e. The highest BCUT2D eigenvalue weighted by atomic mass is 35.5. The van der Waals surface area contributed by atoms with E-state index in [1.807, 2.05) is 30.3 Å². The zero-order valence-corrected chi connectivity index (χ0v) is 16.0. The number of thiocarbonyl (C=S) groups is 1. The molecule has 0 unspecified atom stereocenters. The number of nitriles is 1. The van der Waals surface area contributed by atoms with Gasteiger partial charge < -0.3 is 15.4 Å². The fraction of sp³-hybridized carbons (Fsp3) is 0.150. The van der Waals surface area contributed by atoms with Gasteiger partial charge in [0.1, 0.15) is 11.8 Å². The Labute approximate surface area is 167 Å². The number of halogens is 1. The second kappa shape index (κ2) is 8.21. The highest BCUT2D eigenvalue weighted by molar-refractivity contribution is 7.80. The van der Waals surface area contributed by atoms with Crippen LogP contribution in [-0.2, 0) is 4.79 Å². The Morgan fingerprint density at radius 1 is 1.22 bits per heavy atom. The number of nitrogens with zero attached hydrogens (tertiary/aromatic N) is 1. The van der Waals surface area contributed by atoms with Gasteiger partial charge in [-0.1, -0.05) is 35.9 Å². The number of carbonyl (C=O) groups is 1. The molecule has 0 amide bonds. The third kappa shape index (κ3) is 4.27. The first-order chi connectivity index (χ1) is 13.0. The lowest BCUT2D eigenvalue weighted by molar-refractivity contribution is -0.113. The third-order valence-electron chi connectivity index (χ3n) is 4.10. The van der Waals surface area contributed by atoms with Crippen molar-refractivity contribution in [2.24, 2.45) is 0 Å². The molecule has 136 valence electrons. The van der Waals surface area contributed by atoms with Gasteiger partial charge in [0.15, 0.2) is 17.5 Å². The molecular weight excluding hydrogens is 382 g/mol. The summed E-state index contributed by atoms with van der Waals surface area (Å²) in [7, 11) is 0. The molecule has 3 rings (SSSR count). The second-order valence-electron chi connectivity index (χ2n) is 5.90. The van der Waals surface area contributed by atoms with E-state index in [9.17, 15) is 4.79 Å². The van der Waals surface area contributed by atoms with Crippen molar-refractivity contribution >= 4 is 40.4 Å². The van der Waals surface area contributed by atoms with Crippen molar-refractivity contribution in [3.05, 3.63) is 70.3 Å². The van der Waals surface area contributed by atoms with Gasteiger partial charge in [-0.15, -0.1) is 0 Å². The number of carbonyl (C=O) groups excluding carboxylic acids is 1. The number of ketones is 1. The largest absolute Gasteiger partial charge is 0.479 e. The van der Waals surface area contributed by atoms with E-state index in [1.165, 1.54) is 6.92 Å². The average molecular weight is 398 g/mol. The van der Waals surface area contributed by atoms with Crippen LogP contribution in [0.15, 0.2) is 54.1 Å². The smallest absolute Gasteiger partial charge is 0.174 e. The van der Waals surface area contributed by atoms with E-state index in [2.05, 4.69) is 10.6 Å². The molecule has 0 saturated heterocycles. The molecule has 5 nitrogen and oxygen atoms in total. The van der Waals surface area contributed by atoms with Gasteiger partial charge in [-0.05, 0) is 54.5 Å². The van der Waals surface area contributed by atoms with Crippen molar-refractivity contribution in [1.29, 1.82) is 5.26 Å². The third-order valence-corrected chi connectivity index (χ3v) is 4.57. The fourth-order valence-corrected chi connectivity index (χ4v) is 3.26. The van der Waals surface area contributed by atoms with Crippen molar-refractivity contribution in [3.63, 3.8) is 0 Å². The number of hydrogen-bond donors (Lipinski definition) is 2. The number of nitrogens with one attached hydrogen (secondary N) is 2. The number of hydrogen-bond acceptors (Lipinski definition) is 4. The molecule has 0 radical (unpaired) electrons. The first kappa shape index (κ1) is 18.9. The molecule has 0 saturated carbocycles. The summed E-state index contributed by atoms with van der Waals surface area (Å²) in [6, 6.07) is 16.0. The van der Waals surface area contributed by atoms with Crippen molar-refractivity contribution in [1.82, 2.24) is 10.6 Å². The van der Waals surface area contributed by atoms with E-state index in [1.54, 1.807) is 24.3 Å². The number of Topliss-reactive ketones (excluding diaryl/α,β-unsaturated/α-hetero) is 1. The lowest BCUT2D eigenvalue weighted by atomic mass is 9.90. The lowest BCUT2D eigenvalue weighted by Crippen LogP contribution is -2.44. The van der Waals surface area contributed by atoms with Crippen LogP contribution in [0, 0.1) is 11.3 Å². The Bertz CT molecular complexity index is 947. The van der Waals surface area contributed by atoms with Crippen molar-refractivity contribution < 1.29 is 9.53 Å². The standard InChI is InChI=1S/C20H16ClN3O2S/c1-12(25)17-18(13-2-6-15(21)7-3-13)23-20(27)24-19(17)14-4-8-16(9-5-14)26-11-10-22/h2-9,19H,11H2,1H3,(H2,23,24,27)/t19-/m0/s1. The quantitative estimate of drug-likeness (QED) is 0.748. The molecule has 1 aliphatic heterocycles. The minimum Gasteiger partial charge on any atom is -0.479 e. The van der Waals surface area contributed by atoms with Gasteiger partial charge in [-0.25, -0.2) is 0 Å².